The molecule has 1 aromatic heterocycles. The first-order valence-electron chi connectivity index (χ1n) is 10.8. The van der Waals surface area contributed by atoms with E-state index in [2.05, 4.69) is 15.3 Å². The van der Waals surface area contributed by atoms with E-state index < -0.39 is 32.6 Å². The third-order valence-corrected chi connectivity index (χ3v) is 6.78. The number of nitrogens with one attached hydrogen (secondary N) is 1. The van der Waals surface area contributed by atoms with Gasteiger partial charge in [-0.25, -0.2) is 27.6 Å². The molecule has 2 aliphatic rings. The van der Waals surface area contributed by atoms with Crippen LogP contribution in [0.2, 0.25) is 0 Å². The van der Waals surface area contributed by atoms with Crippen molar-refractivity contribution in [1.82, 2.24) is 15.2 Å². The Kier molecular flexibility index (Phi) is 7.14. The highest BCUT2D eigenvalue weighted by atomic mass is 32.2. The Balaban J connectivity index is 1.51. The summed E-state index contributed by atoms with van der Waals surface area (Å²) >= 11 is 0. The maximum atomic E-state index is 14.5. The largest absolute Gasteiger partial charge is 0.353 e. The van der Waals surface area contributed by atoms with Crippen LogP contribution < -0.4 is 10.2 Å². The van der Waals surface area contributed by atoms with Crippen LogP contribution in [0.5, 0.6) is 0 Å². The molecule has 1 N–H and O–H groups in total. The lowest BCUT2D eigenvalue weighted by molar-refractivity contribution is -0.424. The molecule has 15 heteroatoms. The number of halogens is 1. The predicted octanol–water partition coefficient (Wildman–Crippen LogP) is 2.73. The molecule has 2 aliphatic heterocycles. The second-order valence-electron chi connectivity index (χ2n) is 8.54. The van der Waals surface area contributed by atoms with E-state index in [1.165, 1.54) is 17.4 Å². The molecule has 3 heterocycles. The van der Waals surface area contributed by atoms with Gasteiger partial charge in [0.05, 0.1) is 21.5 Å². The Morgan fingerprint density at radius 1 is 1.26 bits per heavy atom. The molecule has 0 bridgehead atoms. The van der Waals surface area contributed by atoms with Gasteiger partial charge in [-0.15, -0.1) is 4.99 Å². The predicted molar refractivity (Wildman–Crippen MR) is 120 cm³/mol. The number of piperidine rings is 1. The number of benzene rings is 1. The van der Waals surface area contributed by atoms with Gasteiger partial charge in [0.25, 0.3) is 0 Å². The molecular weight excluding hydrogens is 487 g/mol. The standard InChI is InChI=1S/C20H25FN6O7S/c1-12(2)27-32-20(33-34-27)13-6-8-25(9-7-13)19-17(26(28)29)18(22-11-23-19)24-16-5-4-14(10-15(16)21)35(3,30)31/h4-5,10-13,20H,6-9H2,1-3H3,(H,22,23,24). The van der Waals surface area contributed by atoms with E-state index in [0.29, 0.717) is 25.9 Å². The average molecular weight is 513 g/mol. The summed E-state index contributed by atoms with van der Waals surface area (Å²) in [6.45, 7) is 4.65. The highest BCUT2D eigenvalue weighted by Gasteiger charge is 2.38. The van der Waals surface area contributed by atoms with Crippen LogP contribution in [0.25, 0.3) is 0 Å². The van der Waals surface area contributed by atoms with Crippen molar-refractivity contribution in [2.24, 2.45) is 5.92 Å². The van der Waals surface area contributed by atoms with Gasteiger partial charge in [0, 0.05) is 25.3 Å². The quantitative estimate of drug-likeness (QED) is 0.330. The van der Waals surface area contributed by atoms with Gasteiger partial charge >= 0.3 is 5.69 Å². The van der Waals surface area contributed by atoms with E-state index in [4.69, 9.17) is 14.7 Å². The molecule has 1 atom stereocenters. The third-order valence-electron chi connectivity index (χ3n) is 5.67. The van der Waals surface area contributed by atoms with Gasteiger partial charge in [-0.3, -0.25) is 10.1 Å². The molecule has 0 aliphatic carbocycles. The molecule has 35 heavy (non-hydrogen) atoms. The number of sulfone groups is 1. The van der Waals surface area contributed by atoms with Gasteiger partial charge in [-0.2, -0.15) is 4.89 Å². The summed E-state index contributed by atoms with van der Waals surface area (Å²) in [7, 11) is -3.61. The fraction of sp³-hybridized carbons (Fsp3) is 0.500. The zero-order valence-electron chi connectivity index (χ0n) is 19.2. The Bertz CT molecular complexity index is 1210. The van der Waals surface area contributed by atoms with Crippen molar-refractivity contribution in [2.75, 3.05) is 29.6 Å². The second kappa shape index (κ2) is 9.94. The molecule has 13 nitrogen and oxygen atoms in total. The topological polar surface area (TPSA) is 149 Å². The molecule has 190 valence electrons. The molecule has 4 rings (SSSR count). The van der Waals surface area contributed by atoms with Crippen LogP contribution in [0, 0.1) is 21.8 Å². The lowest BCUT2D eigenvalue weighted by atomic mass is 9.96. The van der Waals surface area contributed by atoms with Crippen molar-refractivity contribution in [3.05, 3.63) is 40.5 Å². The number of rotatable bonds is 7. The highest BCUT2D eigenvalue weighted by molar-refractivity contribution is 7.90. The first-order valence-corrected chi connectivity index (χ1v) is 12.7. The number of hydrogen-bond donors (Lipinski definition) is 1. The van der Waals surface area contributed by atoms with Crippen molar-refractivity contribution in [3.63, 3.8) is 0 Å². The van der Waals surface area contributed by atoms with Gasteiger partial charge in [-0.05, 0) is 50.1 Å². The molecule has 1 unspecified atom stereocenters. The maximum Gasteiger partial charge on any atom is 0.353 e. The Labute approximate surface area is 200 Å². The molecule has 2 fully saturated rings. The fourth-order valence-corrected chi connectivity index (χ4v) is 4.43. The zero-order valence-corrected chi connectivity index (χ0v) is 20.1. The lowest BCUT2D eigenvalue weighted by Gasteiger charge is -2.33. The normalized spacial score (nSPS) is 19.9. The minimum Gasteiger partial charge on any atom is -0.351 e. The lowest BCUT2D eigenvalue weighted by Crippen LogP contribution is -2.39. The van der Waals surface area contributed by atoms with Crippen LogP contribution in [-0.4, -0.2) is 60.2 Å². The van der Waals surface area contributed by atoms with Gasteiger partial charge in [0.2, 0.25) is 17.9 Å². The minimum atomic E-state index is -3.61. The summed E-state index contributed by atoms with van der Waals surface area (Å²) in [6, 6.07) is 3.21. The molecule has 1 aromatic carbocycles. The van der Waals surface area contributed by atoms with Gasteiger partial charge in [0.15, 0.2) is 9.84 Å². The summed E-state index contributed by atoms with van der Waals surface area (Å²) in [4.78, 5) is 36.9. The highest BCUT2D eigenvalue weighted by Crippen LogP contribution is 2.37. The number of aromatic nitrogens is 2. The van der Waals surface area contributed by atoms with E-state index in [1.54, 1.807) is 4.90 Å². The van der Waals surface area contributed by atoms with E-state index in [-0.39, 0.29) is 34.2 Å². The fourth-order valence-electron chi connectivity index (χ4n) is 3.79. The number of anilines is 3. The number of hydrogen-bond acceptors (Lipinski definition) is 12. The van der Waals surface area contributed by atoms with E-state index in [1.807, 2.05) is 13.8 Å². The van der Waals surface area contributed by atoms with Crippen LogP contribution in [0.4, 0.5) is 27.4 Å². The summed E-state index contributed by atoms with van der Waals surface area (Å²) in [5.41, 5.74) is -0.575. The van der Waals surface area contributed by atoms with Crippen LogP contribution >= 0.6 is 0 Å². The zero-order chi connectivity index (χ0) is 25.3. The molecule has 0 radical (unpaired) electrons. The Morgan fingerprint density at radius 3 is 2.54 bits per heavy atom. The molecule has 0 amide bonds. The monoisotopic (exact) mass is 512 g/mol. The number of hydroxylamine groups is 2. The Hall–Kier alpha value is -2.98. The molecule has 0 spiro atoms. The molecule has 2 saturated heterocycles. The second-order valence-corrected chi connectivity index (χ2v) is 10.6. The van der Waals surface area contributed by atoms with Crippen molar-refractivity contribution in [3.8, 4) is 0 Å². The summed E-state index contributed by atoms with van der Waals surface area (Å²) < 4.78 is 37.8. The van der Waals surface area contributed by atoms with E-state index in [9.17, 15) is 22.9 Å². The van der Waals surface area contributed by atoms with Crippen LogP contribution in [0.3, 0.4) is 0 Å². The van der Waals surface area contributed by atoms with E-state index in [0.717, 1.165) is 18.6 Å². The van der Waals surface area contributed by atoms with Gasteiger partial charge in [-0.1, -0.05) is 0 Å². The van der Waals surface area contributed by atoms with Crippen LogP contribution in [-0.2, 0) is 24.6 Å². The summed E-state index contributed by atoms with van der Waals surface area (Å²) in [6.07, 6.45) is 2.74. The van der Waals surface area contributed by atoms with Crippen molar-refractivity contribution < 1.29 is 32.4 Å². The average Bonchev–Trinajstić information content (AvgIpc) is 3.30. The summed E-state index contributed by atoms with van der Waals surface area (Å²) in [5, 5.41) is 15.8. The first-order chi connectivity index (χ1) is 16.5. The van der Waals surface area contributed by atoms with Crippen molar-refractivity contribution in [1.29, 1.82) is 0 Å². The summed E-state index contributed by atoms with van der Waals surface area (Å²) in [5.74, 6) is -1.00. The van der Waals surface area contributed by atoms with Gasteiger partial charge in [0.1, 0.15) is 12.1 Å². The SMILES string of the molecule is CC(C)N1OOC(C2CCN(c3ncnc(Nc4ccc(S(C)(=O)=O)cc4F)c3[N+](=O)[O-])CC2)O1. The minimum absolute atomic E-state index is 0.0101. The number of nitro groups is 1. The molecule has 2 aromatic rings. The van der Waals surface area contributed by atoms with E-state index >= 15 is 0 Å². The van der Waals surface area contributed by atoms with Crippen LogP contribution in [0.15, 0.2) is 29.4 Å². The van der Waals surface area contributed by atoms with Crippen molar-refractivity contribution in [2.45, 2.75) is 43.9 Å². The third kappa shape index (κ3) is 5.48. The molecule has 0 saturated carbocycles. The smallest absolute Gasteiger partial charge is 0.351 e. The maximum absolute atomic E-state index is 14.5. The van der Waals surface area contributed by atoms with Crippen LogP contribution in [0.1, 0.15) is 26.7 Å². The number of nitrogens with zero attached hydrogens (tertiary/aromatic N) is 5. The first kappa shape index (κ1) is 25.1. The van der Waals surface area contributed by atoms with Gasteiger partial charge < -0.3 is 10.2 Å². The van der Waals surface area contributed by atoms with Crippen molar-refractivity contribution >= 4 is 32.8 Å². The Morgan fingerprint density at radius 2 is 1.97 bits per heavy atom. The molecular formula is C20H25FN6O7S.